The van der Waals surface area contributed by atoms with E-state index in [-0.39, 0.29) is 6.10 Å². The van der Waals surface area contributed by atoms with Crippen molar-refractivity contribution in [3.8, 4) is 5.75 Å². The smallest absolute Gasteiger partial charge is 0.123 e. The third kappa shape index (κ3) is 2.97. The largest absolute Gasteiger partial charge is 0.488 e. The van der Waals surface area contributed by atoms with Crippen LogP contribution in [0.2, 0.25) is 5.02 Å². The minimum Gasteiger partial charge on any atom is -0.488 e. The molecule has 20 heavy (non-hydrogen) atoms. The van der Waals surface area contributed by atoms with Crippen LogP contribution in [0.3, 0.4) is 0 Å². The molecular formula is C17H18ClNO. The van der Waals surface area contributed by atoms with Crippen molar-refractivity contribution in [3.63, 3.8) is 0 Å². The van der Waals surface area contributed by atoms with E-state index >= 15 is 0 Å². The topological polar surface area (TPSA) is 21.3 Å². The first-order valence-corrected chi connectivity index (χ1v) is 7.33. The molecule has 2 nitrogen and oxygen atoms in total. The Morgan fingerprint density at radius 3 is 2.85 bits per heavy atom. The van der Waals surface area contributed by atoms with Gasteiger partial charge in [-0.25, -0.2) is 0 Å². The molecule has 3 rings (SSSR count). The molecule has 2 unspecified atom stereocenters. The molecule has 2 atom stereocenters. The predicted molar refractivity (Wildman–Crippen MR) is 82.4 cm³/mol. The minimum atomic E-state index is 0.189. The molecule has 2 aromatic rings. The summed E-state index contributed by atoms with van der Waals surface area (Å²) in [6.45, 7) is 3.01. The number of nitrogens with one attached hydrogen (secondary N) is 1. The average molecular weight is 288 g/mol. The first kappa shape index (κ1) is 13.5. The van der Waals surface area contributed by atoms with Gasteiger partial charge in [-0.2, -0.15) is 0 Å². The summed E-state index contributed by atoms with van der Waals surface area (Å²) in [5, 5.41) is 4.31. The summed E-state index contributed by atoms with van der Waals surface area (Å²) < 4.78 is 5.93. The van der Waals surface area contributed by atoms with Crippen LogP contribution in [0.1, 0.15) is 24.1 Å². The molecule has 0 amide bonds. The Balaban J connectivity index is 1.56. The van der Waals surface area contributed by atoms with Gasteiger partial charge in [-0.1, -0.05) is 41.9 Å². The van der Waals surface area contributed by atoms with Crippen LogP contribution in [0.25, 0.3) is 0 Å². The van der Waals surface area contributed by atoms with Crippen LogP contribution >= 0.6 is 11.6 Å². The fourth-order valence-corrected chi connectivity index (χ4v) is 2.77. The average Bonchev–Trinajstić information content (AvgIpc) is 2.87. The van der Waals surface area contributed by atoms with Gasteiger partial charge in [-0.3, -0.25) is 0 Å². The highest BCUT2D eigenvalue weighted by Gasteiger charge is 2.23. The quantitative estimate of drug-likeness (QED) is 0.918. The van der Waals surface area contributed by atoms with E-state index in [2.05, 4.69) is 36.5 Å². The standard InChI is InChI=1S/C17H18ClNO/c1-12(13-5-3-2-4-6-13)19-11-16-10-14-9-15(18)7-8-17(14)20-16/h2-9,12,16,19H,10-11H2,1H3. The SMILES string of the molecule is CC(NCC1Cc2cc(Cl)ccc2O1)c1ccccc1. The van der Waals surface area contributed by atoms with Crippen molar-refractivity contribution in [2.45, 2.75) is 25.5 Å². The molecule has 1 heterocycles. The molecule has 0 saturated heterocycles. The molecule has 2 aromatic carbocycles. The van der Waals surface area contributed by atoms with Crippen LogP contribution in [0.5, 0.6) is 5.75 Å². The van der Waals surface area contributed by atoms with Gasteiger partial charge in [0.2, 0.25) is 0 Å². The van der Waals surface area contributed by atoms with Crippen LogP contribution < -0.4 is 10.1 Å². The van der Waals surface area contributed by atoms with Crippen LogP contribution in [-0.4, -0.2) is 12.6 Å². The lowest BCUT2D eigenvalue weighted by molar-refractivity contribution is 0.222. The zero-order valence-corrected chi connectivity index (χ0v) is 12.2. The van der Waals surface area contributed by atoms with Gasteiger partial charge in [0.25, 0.3) is 0 Å². The molecule has 0 fully saturated rings. The lowest BCUT2D eigenvalue weighted by Gasteiger charge is -2.17. The van der Waals surface area contributed by atoms with Crippen molar-refractivity contribution in [1.82, 2.24) is 5.32 Å². The van der Waals surface area contributed by atoms with Crippen molar-refractivity contribution in [2.24, 2.45) is 0 Å². The van der Waals surface area contributed by atoms with Gasteiger partial charge in [0, 0.05) is 24.0 Å². The Bertz CT molecular complexity index is 585. The second-order valence-corrected chi connectivity index (χ2v) is 5.67. The lowest BCUT2D eigenvalue weighted by Crippen LogP contribution is -2.31. The molecule has 3 heteroatoms. The summed E-state index contributed by atoms with van der Waals surface area (Å²) in [4.78, 5) is 0. The van der Waals surface area contributed by atoms with E-state index in [1.165, 1.54) is 11.1 Å². The fourth-order valence-electron chi connectivity index (χ4n) is 2.57. The van der Waals surface area contributed by atoms with Gasteiger partial charge >= 0.3 is 0 Å². The Labute approximate surface area is 124 Å². The molecule has 0 saturated carbocycles. The summed E-state index contributed by atoms with van der Waals surface area (Å²) in [6, 6.07) is 16.6. The van der Waals surface area contributed by atoms with E-state index in [0.717, 1.165) is 23.7 Å². The highest BCUT2D eigenvalue weighted by molar-refractivity contribution is 6.30. The summed E-state index contributed by atoms with van der Waals surface area (Å²) >= 11 is 6.01. The van der Waals surface area contributed by atoms with Crippen LogP contribution in [0, 0.1) is 0 Å². The van der Waals surface area contributed by atoms with E-state index < -0.39 is 0 Å². The number of ether oxygens (including phenoxy) is 1. The minimum absolute atomic E-state index is 0.189. The van der Waals surface area contributed by atoms with E-state index in [1.54, 1.807) is 0 Å². The van der Waals surface area contributed by atoms with Gasteiger partial charge in [0.1, 0.15) is 11.9 Å². The normalized spacial score (nSPS) is 18.4. The van der Waals surface area contributed by atoms with E-state index in [1.807, 2.05) is 24.3 Å². The Kier molecular flexibility index (Phi) is 3.95. The van der Waals surface area contributed by atoms with Gasteiger partial charge in [0.15, 0.2) is 0 Å². The summed E-state index contributed by atoms with van der Waals surface area (Å²) in [5.74, 6) is 0.966. The second-order valence-electron chi connectivity index (χ2n) is 5.24. The molecule has 1 aliphatic heterocycles. The number of benzene rings is 2. The number of hydrogen-bond donors (Lipinski definition) is 1. The molecule has 1 aliphatic rings. The van der Waals surface area contributed by atoms with Crippen LogP contribution in [0.4, 0.5) is 0 Å². The highest BCUT2D eigenvalue weighted by Crippen LogP contribution is 2.31. The van der Waals surface area contributed by atoms with Gasteiger partial charge in [-0.15, -0.1) is 0 Å². The van der Waals surface area contributed by atoms with Gasteiger partial charge in [-0.05, 0) is 36.2 Å². The number of halogens is 1. The highest BCUT2D eigenvalue weighted by atomic mass is 35.5. The lowest BCUT2D eigenvalue weighted by atomic mass is 10.1. The van der Waals surface area contributed by atoms with Crippen molar-refractivity contribution < 1.29 is 4.74 Å². The maximum atomic E-state index is 6.01. The predicted octanol–water partition coefficient (Wildman–Crippen LogP) is 3.99. The monoisotopic (exact) mass is 287 g/mol. The van der Waals surface area contributed by atoms with Crippen molar-refractivity contribution in [3.05, 3.63) is 64.7 Å². The Morgan fingerprint density at radius 2 is 2.05 bits per heavy atom. The summed E-state index contributed by atoms with van der Waals surface area (Å²) in [6.07, 6.45) is 1.11. The Morgan fingerprint density at radius 1 is 1.25 bits per heavy atom. The maximum Gasteiger partial charge on any atom is 0.123 e. The van der Waals surface area contributed by atoms with Crippen molar-refractivity contribution in [1.29, 1.82) is 0 Å². The maximum absolute atomic E-state index is 6.01. The molecule has 1 N–H and O–H groups in total. The second kappa shape index (κ2) is 5.86. The molecule has 0 aromatic heterocycles. The third-order valence-electron chi connectivity index (χ3n) is 3.72. The first-order valence-electron chi connectivity index (χ1n) is 6.96. The molecule has 0 bridgehead atoms. The van der Waals surface area contributed by atoms with Crippen molar-refractivity contribution >= 4 is 11.6 Å². The fraction of sp³-hybridized carbons (Fsp3) is 0.294. The molecular weight excluding hydrogens is 270 g/mol. The number of hydrogen-bond acceptors (Lipinski definition) is 2. The summed E-state index contributed by atoms with van der Waals surface area (Å²) in [7, 11) is 0. The summed E-state index contributed by atoms with van der Waals surface area (Å²) in [5.41, 5.74) is 2.50. The van der Waals surface area contributed by atoms with E-state index in [0.29, 0.717) is 6.04 Å². The van der Waals surface area contributed by atoms with Crippen LogP contribution in [-0.2, 0) is 6.42 Å². The van der Waals surface area contributed by atoms with E-state index in [4.69, 9.17) is 16.3 Å². The molecule has 104 valence electrons. The zero-order chi connectivity index (χ0) is 13.9. The van der Waals surface area contributed by atoms with Crippen molar-refractivity contribution in [2.75, 3.05) is 6.54 Å². The molecule has 0 spiro atoms. The number of fused-ring (bicyclic) bond motifs is 1. The third-order valence-corrected chi connectivity index (χ3v) is 3.95. The van der Waals surface area contributed by atoms with Gasteiger partial charge < -0.3 is 10.1 Å². The van der Waals surface area contributed by atoms with Gasteiger partial charge in [0.05, 0.1) is 0 Å². The Hall–Kier alpha value is -1.51. The van der Waals surface area contributed by atoms with Crippen LogP contribution in [0.15, 0.2) is 48.5 Å². The first-order chi connectivity index (χ1) is 9.72. The molecule has 0 aliphatic carbocycles. The van der Waals surface area contributed by atoms with E-state index in [9.17, 15) is 0 Å². The number of rotatable bonds is 4. The molecule has 0 radical (unpaired) electrons. The zero-order valence-electron chi connectivity index (χ0n) is 11.5.